The molecular weight excluding hydrogens is 258 g/mol. The predicted octanol–water partition coefficient (Wildman–Crippen LogP) is -1.15. The zero-order chi connectivity index (χ0) is 13.4. The quantitative estimate of drug-likeness (QED) is 0.502. The van der Waals surface area contributed by atoms with E-state index in [1.807, 2.05) is 0 Å². The number of nitrogens with two attached hydrogens (primary N) is 2. The molecule has 1 aromatic rings. The van der Waals surface area contributed by atoms with E-state index in [0.29, 0.717) is 0 Å². The van der Waals surface area contributed by atoms with Crippen molar-refractivity contribution >= 4 is 35.5 Å². The number of nitrogens with one attached hydrogen (secondary N) is 2. The summed E-state index contributed by atoms with van der Waals surface area (Å²) in [5.74, 6) is -1.37. The van der Waals surface area contributed by atoms with Crippen LogP contribution in [0.4, 0.5) is 11.5 Å². The van der Waals surface area contributed by atoms with Crippen LogP contribution in [0.2, 0.25) is 0 Å². The van der Waals surface area contributed by atoms with Gasteiger partial charge in [-0.1, -0.05) is 0 Å². The van der Waals surface area contributed by atoms with Crippen LogP contribution in [-0.4, -0.2) is 28.3 Å². The zero-order valence-electron chi connectivity index (χ0n) is 9.23. The molecular formula is C9H11N5O3S. The number of anilines is 2. The standard InChI is InChI=1S/C9H11N5O3S/c10-5-7(12-9(18)13-8(5)17)14-2-3(6(11)16)1-4(14)15/h3H,1-2,10H2,(H2,11,16)(H2,12,13,17,18). The van der Waals surface area contributed by atoms with E-state index in [2.05, 4.69) is 9.97 Å². The first-order chi connectivity index (χ1) is 8.40. The van der Waals surface area contributed by atoms with Crippen molar-refractivity contribution in [1.82, 2.24) is 9.97 Å². The van der Waals surface area contributed by atoms with Crippen LogP contribution in [0.1, 0.15) is 6.42 Å². The lowest BCUT2D eigenvalue weighted by Gasteiger charge is -2.17. The van der Waals surface area contributed by atoms with Crippen LogP contribution in [0.5, 0.6) is 0 Å². The van der Waals surface area contributed by atoms with E-state index < -0.39 is 17.4 Å². The van der Waals surface area contributed by atoms with Crippen molar-refractivity contribution in [2.24, 2.45) is 11.7 Å². The molecule has 18 heavy (non-hydrogen) atoms. The van der Waals surface area contributed by atoms with Gasteiger partial charge in [-0.2, -0.15) is 0 Å². The molecule has 1 aromatic heterocycles. The fourth-order valence-electron chi connectivity index (χ4n) is 1.81. The van der Waals surface area contributed by atoms with Crippen molar-refractivity contribution in [3.63, 3.8) is 0 Å². The molecule has 1 aliphatic heterocycles. The second kappa shape index (κ2) is 4.26. The second-order valence-corrected chi connectivity index (χ2v) is 4.39. The Morgan fingerprint density at radius 1 is 1.39 bits per heavy atom. The zero-order valence-corrected chi connectivity index (χ0v) is 10.0. The lowest BCUT2D eigenvalue weighted by molar-refractivity contribution is -0.123. The molecule has 9 heteroatoms. The summed E-state index contributed by atoms with van der Waals surface area (Å²) >= 11 is 4.81. The summed E-state index contributed by atoms with van der Waals surface area (Å²) in [5.41, 5.74) is 10.0. The molecule has 2 amide bonds. The average Bonchev–Trinajstić information content (AvgIpc) is 2.66. The molecule has 1 atom stereocenters. The molecule has 96 valence electrons. The number of carbonyl (C=O) groups is 2. The van der Waals surface area contributed by atoms with Crippen LogP contribution in [0.25, 0.3) is 0 Å². The summed E-state index contributed by atoms with van der Waals surface area (Å²) < 4.78 is 0.0551. The Balaban J connectivity index is 2.45. The molecule has 1 unspecified atom stereocenters. The van der Waals surface area contributed by atoms with E-state index in [9.17, 15) is 14.4 Å². The molecule has 1 saturated heterocycles. The topological polar surface area (TPSA) is 138 Å². The number of aromatic amines is 2. The fourth-order valence-corrected chi connectivity index (χ4v) is 2.00. The second-order valence-electron chi connectivity index (χ2n) is 3.98. The Labute approximate surface area is 106 Å². The third-order valence-electron chi connectivity index (χ3n) is 2.76. The Morgan fingerprint density at radius 3 is 2.61 bits per heavy atom. The number of H-pyrrole nitrogens is 2. The third-order valence-corrected chi connectivity index (χ3v) is 2.96. The van der Waals surface area contributed by atoms with E-state index in [-0.39, 0.29) is 35.1 Å². The molecule has 2 rings (SSSR count). The molecule has 8 nitrogen and oxygen atoms in total. The maximum atomic E-state index is 11.8. The highest BCUT2D eigenvalue weighted by Crippen LogP contribution is 2.25. The number of carbonyl (C=O) groups excluding carboxylic acids is 2. The molecule has 1 fully saturated rings. The molecule has 0 bridgehead atoms. The van der Waals surface area contributed by atoms with Gasteiger partial charge in [-0.3, -0.25) is 24.3 Å². The van der Waals surface area contributed by atoms with Gasteiger partial charge >= 0.3 is 0 Å². The highest BCUT2D eigenvalue weighted by Gasteiger charge is 2.35. The van der Waals surface area contributed by atoms with Crippen LogP contribution < -0.4 is 21.9 Å². The summed E-state index contributed by atoms with van der Waals surface area (Å²) in [5, 5.41) is 0. The van der Waals surface area contributed by atoms with Crippen molar-refractivity contribution < 1.29 is 9.59 Å². The fraction of sp³-hybridized carbons (Fsp3) is 0.333. The van der Waals surface area contributed by atoms with Gasteiger partial charge in [-0.15, -0.1) is 0 Å². The van der Waals surface area contributed by atoms with Crippen LogP contribution in [0, 0.1) is 10.7 Å². The van der Waals surface area contributed by atoms with Crippen molar-refractivity contribution in [2.45, 2.75) is 6.42 Å². The van der Waals surface area contributed by atoms with Gasteiger partial charge in [0.2, 0.25) is 11.8 Å². The lowest BCUT2D eigenvalue weighted by Crippen LogP contribution is -2.31. The molecule has 0 saturated carbocycles. The normalized spacial score (nSPS) is 19.2. The van der Waals surface area contributed by atoms with Gasteiger partial charge in [-0.05, 0) is 12.2 Å². The molecule has 6 N–H and O–H groups in total. The van der Waals surface area contributed by atoms with E-state index in [4.69, 9.17) is 23.7 Å². The van der Waals surface area contributed by atoms with Crippen molar-refractivity contribution in [3.8, 4) is 0 Å². The summed E-state index contributed by atoms with van der Waals surface area (Å²) in [7, 11) is 0. The van der Waals surface area contributed by atoms with Gasteiger partial charge in [0.1, 0.15) is 11.5 Å². The largest absolute Gasteiger partial charge is 0.391 e. The Hall–Kier alpha value is -2.16. The highest BCUT2D eigenvalue weighted by molar-refractivity contribution is 7.71. The molecule has 0 radical (unpaired) electrons. The van der Waals surface area contributed by atoms with Gasteiger partial charge < -0.3 is 16.5 Å². The van der Waals surface area contributed by atoms with E-state index in [0.717, 1.165) is 0 Å². The minimum absolute atomic E-state index is 0.00216. The van der Waals surface area contributed by atoms with Crippen molar-refractivity contribution in [2.75, 3.05) is 17.2 Å². The van der Waals surface area contributed by atoms with Gasteiger partial charge in [0.15, 0.2) is 4.77 Å². The monoisotopic (exact) mass is 269 g/mol. The van der Waals surface area contributed by atoms with Crippen LogP contribution in [0.3, 0.4) is 0 Å². The Bertz CT molecular complexity index is 634. The van der Waals surface area contributed by atoms with Crippen molar-refractivity contribution in [3.05, 3.63) is 15.1 Å². The van der Waals surface area contributed by atoms with Crippen molar-refractivity contribution in [1.29, 1.82) is 0 Å². The molecule has 1 aliphatic rings. The number of primary amides is 1. The maximum absolute atomic E-state index is 11.8. The van der Waals surface area contributed by atoms with Gasteiger partial charge in [0.25, 0.3) is 5.56 Å². The van der Waals surface area contributed by atoms with E-state index in [1.165, 1.54) is 4.90 Å². The van der Waals surface area contributed by atoms with Gasteiger partial charge in [0.05, 0.1) is 5.92 Å². The summed E-state index contributed by atoms with van der Waals surface area (Å²) in [4.78, 5) is 40.4. The average molecular weight is 269 g/mol. The van der Waals surface area contributed by atoms with Crippen LogP contribution in [-0.2, 0) is 9.59 Å². The number of amides is 2. The first kappa shape index (κ1) is 12.3. The maximum Gasteiger partial charge on any atom is 0.277 e. The van der Waals surface area contributed by atoms with Gasteiger partial charge in [-0.25, -0.2) is 0 Å². The minimum atomic E-state index is -0.585. The van der Waals surface area contributed by atoms with E-state index in [1.54, 1.807) is 0 Å². The number of aromatic nitrogens is 2. The molecule has 0 aliphatic carbocycles. The molecule has 2 heterocycles. The van der Waals surface area contributed by atoms with Crippen LogP contribution >= 0.6 is 12.2 Å². The number of nitrogens with zero attached hydrogens (tertiary/aromatic N) is 1. The molecule has 0 aromatic carbocycles. The number of nitrogen functional groups attached to an aromatic ring is 1. The highest BCUT2D eigenvalue weighted by atomic mass is 32.1. The molecule has 0 spiro atoms. The Morgan fingerprint density at radius 2 is 2.06 bits per heavy atom. The van der Waals surface area contributed by atoms with Crippen LogP contribution in [0.15, 0.2) is 4.79 Å². The minimum Gasteiger partial charge on any atom is -0.391 e. The van der Waals surface area contributed by atoms with Gasteiger partial charge in [0, 0.05) is 13.0 Å². The lowest BCUT2D eigenvalue weighted by atomic mass is 10.1. The van der Waals surface area contributed by atoms with E-state index >= 15 is 0 Å². The summed E-state index contributed by atoms with van der Waals surface area (Å²) in [6, 6.07) is 0. The Kier molecular flexibility index (Phi) is 2.91. The SMILES string of the molecule is NC(=O)C1CC(=O)N(c2[nH]c(=S)[nH]c(=O)c2N)C1. The summed E-state index contributed by atoms with van der Waals surface area (Å²) in [6.07, 6.45) is 0.00216. The number of hydrogen-bond donors (Lipinski definition) is 4. The summed E-state index contributed by atoms with van der Waals surface area (Å²) in [6.45, 7) is 0.0904. The number of hydrogen-bond acceptors (Lipinski definition) is 5. The first-order valence-electron chi connectivity index (χ1n) is 5.12. The first-order valence-corrected chi connectivity index (χ1v) is 5.52. The number of rotatable bonds is 2. The smallest absolute Gasteiger partial charge is 0.277 e. The predicted molar refractivity (Wildman–Crippen MR) is 66.3 cm³/mol. The third kappa shape index (κ3) is 1.99.